The Morgan fingerprint density at radius 2 is 1.81 bits per heavy atom. The first kappa shape index (κ1) is 18.2. The van der Waals surface area contributed by atoms with Crippen LogP contribution in [0, 0.1) is 0 Å². The Morgan fingerprint density at radius 3 is 2.59 bits per heavy atom. The highest BCUT2D eigenvalue weighted by molar-refractivity contribution is 5.83. The van der Waals surface area contributed by atoms with Gasteiger partial charge in [-0.05, 0) is 44.6 Å². The van der Waals surface area contributed by atoms with Gasteiger partial charge in [0.1, 0.15) is 6.04 Å². The van der Waals surface area contributed by atoms with E-state index in [1.807, 2.05) is 42.2 Å². The summed E-state index contributed by atoms with van der Waals surface area (Å²) in [7, 11) is 0. The molecule has 2 saturated heterocycles. The zero-order chi connectivity index (χ0) is 18.6. The van der Waals surface area contributed by atoms with Crippen molar-refractivity contribution in [3.8, 4) is 0 Å². The second-order valence-electron chi connectivity index (χ2n) is 7.54. The monoisotopic (exact) mass is 369 g/mol. The maximum absolute atomic E-state index is 13.2. The predicted octanol–water partition coefficient (Wildman–Crippen LogP) is 3.82. The standard InChI is InChI=1S/C21H27N3O3/c1-15(16-7-3-2-4-8-16)21(25)24-12-6-5-9-18(24)20-23-22-19(27-20)17-10-13-26-14-11-17/h2-4,7-8,15,17-18H,5-6,9-14H2,1H3/t15-,18-/m1/s1. The van der Waals surface area contributed by atoms with Crippen molar-refractivity contribution in [1.82, 2.24) is 15.1 Å². The van der Waals surface area contributed by atoms with Gasteiger partial charge in [-0.1, -0.05) is 30.3 Å². The molecule has 2 atom stereocenters. The van der Waals surface area contributed by atoms with Crippen LogP contribution in [0.5, 0.6) is 0 Å². The molecule has 2 aromatic rings. The van der Waals surface area contributed by atoms with E-state index >= 15 is 0 Å². The smallest absolute Gasteiger partial charge is 0.238 e. The summed E-state index contributed by atoms with van der Waals surface area (Å²) >= 11 is 0. The Bertz CT molecular complexity index is 755. The van der Waals surface area contributed by atoms with E-state index in [1.165, 1.54) is 0 Å². The minimum absolute atomic E-state index is 0.112. The van der Waals surface area contributed by atoms with Crippen molar-refractivity contribution in [2.24, 2.45) is 0 Å². The average Bonchev–Trinajstić information content (AvgIpc) is 3.24. The van der Waals surface area contributed by atoms with Gasteiger partial charge in [-0.2, -0.15) is 0 Å². The summed E-state index contributed by atoms with van der Waals surface area (Å²) < 4.78 is 11.5. The zero-order valence-corrected chi connectivity index (χ0v) is 15.8. The number of rotatable bonds is 4. The maximum Gasteiger partial charge on any atom is 0.238 e. The van der Waals surface area contributed by atoms with Crippen molar-refractivity contribution >= 4 is 5.91 Å². The van der Waals surface area contributed by atoms with Crippen LogP contribution in [0.4, 0.5) is 0 Å². The normalized spacial score (nSPS) is 22.6. The first-order valence-corrected chi connectivity index (χ1v) is 10.0. The molecule has 4 rings (SSSR count). The van der Waals surface area contributed by atoms with Crippen molar-refractivity contribution in [3.63, 3.8) is 0 Å². The number of carbonyl (C=O) groups is 1. The van der Waals surface area contributed by atoms with Gasteiger partial charge in [0, 0.05) is 25.7 Å². The minimum Gasteiger partial charge on any atom is -0.423 e. The average molecular weight is 369 g/mol. The van der Waals surface area contributed by atoms with E-state index in [2.05, 4.69) is 10.2 Å². The van der Waals surface area contributed by atoms with E-state index in [9.17, 15) is 4.79 Å². The lowest BCUT2D eigenvalue weighted by molar-refractivity contribution is -0.137. The van der Waals surface area contributed by atoms with Crippen LogP contribution in [0.1, 0.15) is 74.3 Å². The molecule has 27 heavy (non-hydrogen) atoms. The van der Waals surface area contributed by atoms with Crippen molar-refractivity contribution in [2.45, 2.75) is 56.9 Å². The molecule has 0 spiro atoms. The van der Waals surface area contributed by atoms with E-state index in [0.29, 0.717) is 11.8 Å². The number of ether oxygens (including phenoxy) is 1. The number of amides is 1. The van der Waals surface area contributed by atoms with Gasteiger partial charge in [0.2, 0.25) is 17.7 Å². The molecule has 0 radical (unpaired) electrons. The first-order valence-electron chi connectivity index (χ1n) is 10.0. The molecular formula is C21H27N3O3. The fourth-order valence-corrected chi connectivity index (χ4v) is 4.08. The minimum atomic E-state index is -0.176. The van der Waals surface area contributed by atoms with E-state index in [1.54, 1.807) is 0 Å². The Labute approximate surface area is 159 Å². The molecule has 0 aliphatic carbocycles. The number of benzene rings is 1. The van der Waals surface area contributed by atoms with Gasteiger partial charge in [0.15, 0.2) is 0 Å². The van der Waals surface area contributed by atoms with Gasteiger partial charge in [0.25, 0.3) is 0 Å². The Balaban J connectivity index is 1.52. The van der Waals surface area contributed by atoms with Crippen molar-refractivity contribution < 1.29 is 13.9 Å². The van der Waals surface area contributed by atoms with Gasteiger partial charge < -0.3 is 14.1 Å². The number of nitrogens with zero attached hydrogens (tertiary/aromatic N) is 3. The molecule has 0 unspecified atom stereocenters. The quantitative estimate of drug-likeness (QED) is 0.819. The molecule has 0 bridgehead atoms. The van der Waals surface area contributed by atoms with Gasteiger partial charge in [-0.15, -0.1) is 10.2 Å². The van der Waals surface area contributed by atoms with Crippen LogP contribution in [0.2, 0.25) is 0 Å². The van der Waals surface area contributed by atoms with E-state index in [0.717, 1.165) is 57.4 Å². The zero-order valence-electron chi connectivity index (χ0n) is 15.8. The van der Waals surface area contributed by atoms with E-state index in [-0.39, 0.29) is 23.8 Å². The van der Waals surface area contributed by atoms with Crippen molar-refractivity contribution in [2.75, 3.05) is 19.8 Å². The van der Waals surface area contributed by atoms with Crippen LogP contribution >= 0.6 is 0 Å². The van der Waals surface area contributed by atoms with Crippen LogP contribution in [-0.4, -0.2) is 40.8 Å². The lowest BCUT2D eigenvalue weighted by atomic mass is 9.95. The molecule has 2 aliphatic rings. The van der Waals surface area contributed by atoms with Crippen LogP contribution in [-0.2, 0) is 9.53 Å². The molecule has 6 nitrogen and oxygen atoms in total. The second kappa shape index (κ2) is 8.21. The summed E-state index contributed by atoms with van der Waals surface area (Å²) in [5, 5.41) is 8.63. The van der Waals surface area contributed by atoms with Crippen molar-refractivity contribution in [1.29, 1.82) is 0 Å². The second-order valence-corrected chi connectivity index (χ2v) is 7.54. The SMILES string of the molecule is C[C@@H](C(=O)N1CCCC[C@@H]1c1nnc(C2CCOCC2)o1)c1ccccc1. The Morgan fingerprint density at radius 1 is 1.07 bits per heavy atom. The Hall–Kier alpha value is -2.21. The van der Waals surface area contributed by atoms with Gasteiger partial charge >= 0.3 is 0 Å². The third kappa shape index (κ3) is 3.90. The Kier molecular flexibility index (Phi) is 5.53. The number of aromatic nitrogens is 2. The lowest BCUT2D eigenvalue weighted by Gasteiger charge is -2.35. The summed E-state index contributed by atoms with van der Waals surface area (Å²) in [4.78, 5) is 15.2. The lowest BCUT2D eigenvalue weighted by Crippen LogP contribution is -2.40. The molecular weight excluding hydrogens is 342 g/mol. The van der Waals surface area contributed by atoms with E-state index < -0.39 is 0 Å². The van der Waals surface area contributed by atoms with Crippen molar-refractivity contribution in [3.05, 3.63) is 47.7 Å². The van der Waals surface area contributed by atoms with Crippen LogP contribution in [0.25, 0.3) is 0 Å². The third-order valence-corrected chi connectivity index (χ3v) is 5.77. The third-order valence-electron chi connectivity index (χ3n) is 5.77. The highest BCUT2D eigenvalue weighted by Gasteiger charge is 2.35. The topological polar surface area (TPSA) is 68.5 Å². The molecule has 1 aromatic carbocycles. The molecule has 2 aliphatic heterocycles. The molecule has 1 amide bonds. The highest BCUT2D eigenvalue weighted by atomic mass is 16.5. The predicted molar refractivity (Wildman–Crippen MR) is 100 cm³/mol. The molecule has 0 saturated carbocycles. The fraction of sp³-hybridized carbons (Fsp3) is 0.571. The van der Waals surface area contributed by atoms with E-state index in [4.69, 9.17) is 9.15 Å². The number of piperidine rings is 1. The number of carbonyl (C=O) groups excluding carboxylic acids is 1. The number of hydrogen-bond donors (Lipinski definition) is 0. The van der Waals surface area contributed by atoms with Gasteiger partial charge in [-0.3, -0.25) is 4.79 Å². The molecule has 1 aromatic heterocycles. The van der Waals surface area contributed by atoms with Crippen LogP contribution < -0.4 is 0 Å². The molecule has 2 fully saturated rings. The summed E-state index contributed by atoms with van der Waals surface area (Å²) in [5.74, 6) is 1.52. The van der Waals surface area contributed by atoms with Gasteiger partial charge in [-0.25, -0.2) is 0 Å². The van der Waals surface area contributed by atoms with Crippen LogP contribution in [0.3, 0.4) is 0 Å². The summed E-state index contributed by atoms with van der Waals surface area (Å²) in [6.45, 7) is 4.20. The first-order chi connectivity index (χ1) is 13.2. The number of likely N-dealkylation sites (tertiary alicyclic amines) is 1. The fourth-order valence-electron chi connectivity index (χ4n) is 4.08. The largest absolute Gasteiger partial charge is 0.423 e. The molecule has 0 N–H and O–H groups in total. The van der Waals surface area contributed by atoms with Gasteiger partial charge in [0.05, 0.1) is 5.92 Å². The molecule has 3 heterocycles. The van der Waals surface area contributed by atoms with Crippen LogP contribution in [0.15, 0.2) is 34.7 Å². The summed E-state index contributed by atoms with van der Waals surface area (Å²) in [6.07, 6.45) is 4.80. The summed E-state index contributed by atoms with van der Waals surface area (Å²) in [6, 6.07) is 9.84. The summed E-state index contributed by atoms with van der Waals surface area (Å²) in [5.41, 5.74) is 1.04. The number of hydrogen-bond acceptors (Lipinski definition) is 5. The maximum atomic E-state index is 13.2. The molecule has 144 valence electrons. The highest BCUT2D eigenvalue weighted by Crippen LogP contribution is 2.35. The molecule has 6 heteroatoms.